The van der Waals surface area contributed by atoms with Gasteiger partial charge in [0, 0.05) is 17.4 Å². The molecular formula is C40H42N4O7. The van der Waals surface area contributed by atoms with Crippen LogP contribution >= 0.6 is 0 Å². The van der Waals surface area contributed by atoms with Crippen molar-refractivity contribution < 1.29 is 33.4 Å². The Balaban J connectivity index is 1.15. The van der Waals surface area contributed by atoms with E-state index in [4.69, 9.17) is 14.2 Å². The van der Waals surface area contributed by atoms with Gasteiger partial charge in [-0.05, 0) is 98.1 Å². The van der Waals surface area contributed by atoms with Gasteiger partial charge >= 0.3 is 5.97 Å². The molecule has 2 amide bonds. The van der Waals surface area contributed by atoms with Crippen LogP contribution in [0.4, 0.5) is 5.69 Å². The van der Waals surface area contributed by atoms with E-state index in [1.807, 2.05) is 12.1 Å². The quantitative estimate of drug-likeness (QED) is 0.0599. The van der Waals surface area contributed by atoms with Crippen LogP contribution in [-0.2, 0) is 11.2 Å². The highest BCUT2D eigenvalue weighted by molar-refractivity contribution is 6.09. The minimum Gasteiger partial charge on any atom is -0.494 e. The number of nitrogens with zero attached hydrogens (tertiary/aromatic N) is 2. The first-order valence-electron chi connectivity index (χ1n) is 17.0. The zero-order chi connectivity index (χ0) is 36.2. The van der Waals surface area contributed by atoms with E-state index in [0.29, 0.717) is 51.6 Å². The van der Waals surface area contributed by atoms with Crippen molar-refractivity contribution in [1.82, 2.24) is 14.9 Å². The van der Waals surface area contributed by atoms with Gasteiger partial charge in [-0.1, -0.05) is 44.7 Å². The highest BCUT2D eigenvalue weighted by Crippen LogP contribution is 2.30. The maximum atomic E-state index is 13.1. The molecule has 2 aromatic heterocycles. The zero-order valence-corrected chi connectivity index (χ0v) is 29.0. The molecule has 51 heavy (non-hydrogen) atoms. The Kier molecular flexibility index (Phi) is 12.5. The van der Waals surface area contributed by atoms with Gasteiger partial charge in [0.05, 0.1) is 42.6 Å². The number of anilines is 1. The highest BCUT2D eigenvalue weighted by Gasteiger charge is 2.21. The minimum atomic E-state index is -0.831. The summed E-state index contributed by atoms with van der Waals surface area (Å²) >= 11 is 0. The van der Waals surface area contributed by atoms with Crippen LogP contribution in [0.3, 0.4) is 0 Å². The Labute approximate surface area is 296 Å². The Morgan fingerprint density at radius 1 is 0.824 bits per heavy atom. The maximum Gasteiger partial charge on any atom is 0.343 e. The molecule has 11 nitrogen and oxygen atoms in total. The van der Waals surface area contributed by atoms with Gasteiger partial charge in [0.2, 0.25) is 0 Å². The monoisotopic (exact) mass is 690 g/mol. The molecule has 0 saturated heterocycles. The first-order chi connectivity index (χ1) is 24.7. The SMILES string of the molecule is CCCCCCCOc1ccc(C(=O)Oc2ccc(CC(NC(=O)c3ccc(NC(=O)c4cnn5ccccc45)cc3)C(C)=O)cc2OC)cc1. The van der Waals surface area contributed by atoms with Crippen LogP contribution in [-0.4, -0.2) is 52.9 Å². The lowest BCUT2D eigenvalue weighted by Crippen LogP contribution is -2.41. The average Bonchev–Trinajstić information content (AvgIpc) is 3.58. The number of benzene rings is 3. The fraction of sp³-hybridized carbons (Fsp3) is 0.275. The molecule has 2 heterocycles. The molecule has 264 valence electrons. The number of Topliss-reactive ketones (excluding diaryl/α,β-unsaturated/α-hetero) is 1. The van der Waals surface area contributed by atoms with E-state index in [1.165, 1.54) is 39.5 Å². The Bertz CT molecular complexity index is 1970. The van der Waals surface area contributed by atoms with E-state index in [-0.39, 0.29) is 23.9 Å². The molecule has 0 bridgehead atoms. The summed E-state index contributed by atoms with van der Waals surface area (Å²) in [5.41, 5.74) is 2.95. The molecule has 5 rings (SSSR count). The van der Waals surface area contributed by atoms with Gasteiger partial charge in [-0.3, -0.25) is 14.4 Å². The Hall–Kier alpha value is -5.97. The molecule has 1 unspecified atom stereocenters. The number of carbonyl (C=O) groups is 4. The minimum absolute atomic E-state index is 0.180. The third-order valence-corrected chi connectivity index (χ3v) is 8.35. The number of hydrogen-bond donors (Lipinski definition) is 2. The third-order valence-electron chi connectivity index (χ3n) is 8.35. The van der Waals surface area contributed by atoms with Crippen molar-refractivity contribution in [3.05, 3.63) is 120 Å². The number of pyridine rings is 1. The standard InChI is InChI=1S/C40H42N4O7/c1-4-5-6-7-10-23-50-32-19-15-30(16-20-32)40(48)51-36-21-12-28(25-37(36)49-3)24-34(27(2)45)43-38(46)29-13-17-31(18-14-29)42-39(47)33-26-41-44-22-9-8-11-35(33)44/h8-9,11-22,25-26,34H,4-7,10,23-24H2,1-3H3,(H,42,47)(H,43,46). The predicted octanol–water partition coefficient (Wildman–Crippen LogP) is 7.09. The van der Waals surface area contributed by atoms with E-state index >= 15 is 0 Å². The van der Waals surface area contributed by atoms with E-state index in [9.17, 15) is 19.2 Å². The lowest BCUT2D eigenvalue weighted by Gasteiger charge is -2.17. The normalized spacial score (nSPS) is 11.4. The first kappa shape index (κ1) is 36.3. The lowest BCUT2D eigenvalue weighted by atomic mass is 10.0. The second kappa shape index (κ2) is 17.6. The zero-order valence-electron chi connectivity index (χ0n) is 29.0. The van der Waals surface area contributed by atoms with Gasteiger partial charge in [-0.2, -0.15) is 5.10 Å². The molecule has 0 spiro atoms. The Morgan fingerprint density at radius 2 is 1.57 bits per heavy atom. The fourth-order valence-electron chi connectivity index (χ4n) is 5.45. The number of nitrogens with one attached hydrogen (secondary N) is 2. The van der Waals surface area contributed by atoms with E-state index in [1.54, 1.807) is 83.5 Å². The van der Waals surface area contributed by atoms with Crippen LogP contribution in [0.5, 0.6) is 17.2 Å². The number of carbonyl (C=O) groups excluding carboxylic acids is 4. The smallest absolute Gasteiger partial charge is 0.343 e. The highest BCUT2D eigenvalue weighted by atomic mass is 16.6. The summed E-state index contributed by atoms with van der Waals surface area (Å²) in [6, 6.07) is 22.8. The average molecular weight is 691 g/mol. The summed E-state index contributed by atoms with van der Waals surface area (Å²) in [5, 5.41) is 9.80. The fourth-order valence-corrected chi connectivity index (χ4v) is 5.45. The van der Waals surface area contributed by atoms with Gasteiger partial charge < -0.3 is 24.8 Å². The van der Waals surface area contributed by atoms with Crippen molar-refractivity contribution >= 4 is 34.8 Å². The summed E-state index contributed by atoms with van der Waals surface area (Å²) in [6.07, 6.45) is 9.19. The molecule has 0 aliphatic rings. The molecule has 11 heteroatoms. The second-order valence-corrected chi connectivity index (χ2v) is 12.1. The topological polar surface area (TPSA) is 137 Å². The van der Waals surface area contributed by atoms with Crippen LogP contribution in [0.15, 0.2) is 97.3 Å². The molecule has 0 radical (unpaired) electrons. The molecular weight excluding hydrogens is 648 g/mol. The number of rotatable bonds is 17. The summed E-state index contributed by atoms with van der Waals surface area (Å²) in [5.74, 6) is -0.353. The second-order valence-electron chi connectivity index (χ2n) is 12.1. The lowest BCUT2D eigenvalue weighted by molar-refractivity contribution is -0.118. The molecule has 2 N–H and O–H groups in total. The number of hydrogen-bond acceptors (Lipinski definition) is 8. The molecule has 1 atom stereocenters. The predicted molar refractivity (Wildman–Crippen MR) is 194 cm³/mol. The van der Waals surface area contributed by atoms with E-state index in [0.717, 1.165) is 12.8 Å². The number of unbranched alkanes of at least 4 members (excludes halogenated alkanes) is 4. The molecule has 3 aromatic carbocycles. The van der Waals surface area contributed by atoms with E-state index in [2.05, 4.69) is 22.7 Å². The number of ether oxygens (including phenoxy) is 3. The van der Waals surface area contributed by atoms with E-state index < -0.39 is 17.9 Å². The number of ketones is 1. The van der Waals surface area contributed by atoms with Crippen molar-refractivity contribution in [1.29, 1.82) is 0 Å². The molecule has 0 saturated carbocycles. The van der Waals surface area contributed by atoms with Gasteiger partial charge in [0.1, 0.15) is 5.75 Å². The number of methoxy groups -OCH3 is 1. The third kappa shape index (κ3) is 9.81. The van der Waals surface area contributed by atoms with Crippen LogP contribution in [0.25, 0.3) is 5.52 Å². The maximum absolute atomic E-state index is 13.1. The van der Waals surface area contributed by atoms with Gasteiger partial charge in [0.15, 0.2) is 17.3 Å². The first-order valence-corrected chi connectivity index (χ1v) is 17.0. The van der Waals surface area contributed by atoms with Gasteiger partial charge in [-0.25, -0.2) is 9.31 Å². The molecule has 0 aliphatic heterocycles. The Morgan fingerprint density at radius 3 is 2.29 bits per heavy atom. The number of amides is 2. The van der Waals surface area contributed by atoms with Crippen molar-refractivity contribution in [2.45, 2.75) is 58.4 Å². The van der Waals surface area contributed by atoms with Crippen LogP contribution in [0.2, 0.25) is 0 Å². The van der Waals surface area contributed by atoms with Crippen LogP contribution in [0, 0.1) is 0 Å². The number of fused-ring (bicyclic) bond motifs is 1. The summed E-state index contributed by atoms with van der Waals surface area (Å²) in [6.45, 7) is 4.22. The summed E-state index contributed by atoms with van der Waals surface area (Å²) < 4.78 is 18.5. The van der Waals surface area contributed by atoms with Crippen LogP contribution in [0.1, 0.15) is 82.6 Å². The van der Waals surface area contributed by atoms with Crippen molar-refractivity contribution in [3.8, 4) is 17.2 Å². The van der Waals surface area contributed by atoms with Crippen molar-refractivity contribution in [3.63, 3.8) is 0 Å². The summed E-state index contributed by atoms with van der Waals surface area (Å²) in [7, 11) is 1.46. The van der Waals surface area contributed by atoms with Crippen molar-refractivity contribution in [2.24, 2.45) is 0 Å². The van der Waals surface area contributed by atoms with Crippen molar-refractivity contribution in [2.75, 3.05) is 19.0 Å². The van der Waals surface area contributed by atoms with Gasteiger partial charge in [0.25, 0.3) is 11.8 Å². The number of esters is 1. The summed E-state index contributed by atoms with van der Waals surface area (Å²) in [4.78, 5) is 51.4. The molecule has 0 fully saturated rings. The molecule has 5 aromatic rings. The molecule has 0 aliphatic carbocycles. The largest absolute Gasteiger partial charge is 0.494 e. The number of aromatic nitrogens is 2. The van der Waals surface area contributed by atoms with Crippen LogP contribution < -0.4 is 24.8 Å². The van der Waals surface area contributed by atoms with Gasteiger partial charge in [-0.15, -0.1) is 0 Å².